The van der Waals surface area contributed by atoms with Crippen LogP contribution < -0.4 is 5.32 Å². The molecule has 1 aromatic carbocycles. The van der Waals surface area contributed by atoms with E-state index in [2.05, 4.69) is 36.4 Å². The third kappa shape index (κ3) is 4.09. The monoisotopic (exact) mass is 305 g/mol. The molecule has 2 aromatic rings. The number of para-hydroxylation sites is 1. The maximum absolute atomic E-state index is 9.14. The van der Waals surface area contributed by atoms with Gasteiger partial charge in [-0.05, 0) is 19.1 Å². The molecule has 21 heavy (non-hydrogen) atoms. The van der Waals surface area contributed by atoms with Gasteiger partial charge in [0, 0.05) is 23.9 Å². The first-order valence-corrected chi connectivity index (χ1v) is 8.23. The van der Waals surface area contributed by atoms with Crippen LogP contribution in [0.4, 0.5) is 0 Å². The molecule has 0 bridgehead atoms. The molecule has 5 heteroatoms. The van der Waals surface area contributed by atoms with Gasteiger partial charge in [0.25, 0.3) is 0 Å². The lowest BCUT2D eigenvalue weighted by Gasteiger charge is -2.11. The van der Waals surface area contributed by atoms with E-state index in [0.717, 1.165) is 23.0 Å². The van der Waals surface area contributed by atoms with Gasteiger partial charge in [-0.15, -0.1) is 11.8 Å². The van der Waals surface area contributed by atoms with Crippen molar-refractivity contribution in [3.63, 3.8) is 0 Å². The molecule has 1 aromatic heterocycles. The lowest BCUT2D eigenvalue weighted by molar-refractivity contribution is 0.322. The molecule has 0 saturated heterocycles. The van der Waals surface area contributed by atoms with Crippen LogP contribution in [0.3, 0.4) is 0 Å². The van der Waals surface area contributed by atoms with Crippen molar-refractivity contribution in [1.29, 1.82) is 0 Å². The number of hydrogen-bond donors (Lipinski definition) is 2. The fourth-order valence-corrected chi connectivity index (χ4v) is 3.03. The van der Waals surface area contributed by atoms with Crippen molar-refractivity contribution >= 4 is 11.8 Å². The van der Waals surface area contributed by atoms with Crippen LogP contribution in [0.5, 0.6) is 0 Å². The molecule has 0 aliphatic carbocycles. The van der Waals surface area contributed by atoms with Gasteiger partial charge in [0.05, 0.1) is 18.0 Å². The van der Waals surface area contributed by atoms with Crippen molar-refractivity contribution < 1.29 is 5.11 Å². The zero-order chi connectivity index (χ0) is 15.2. The standard InChI is InChI=1S/C16H23N3OS/c1-12(2)17-11-15-13(3)18-19(16(15)21-10-9-20)14-7-5-4-6-8-14/h4-8,12,17,20H,9-11H2,1-3H3. The van der Waals surface area contributed by atoms with Crippen molar-refractivity contribution in [3.05, 3.63) is 41.6 Å². The number of rotatable bonds is 7. The Labute approximate surface area is 130 Å². The minimum absolute atomic E-state index is 0.167. The fourth-order valence-electron chi connectivity index (χ4n) is 2.08. The van der Waals surface area contributed by atoms with E-state index in [1.165, 1.54) is 5.56 Å². The molecule has 1 heterocycles. The molecule has 0 aliphatic rings. The van der Waals surface area contributed by atoms with Gasteiger partial charge in [-0.1, -0.05) is 32.0 Å². The van der Waals surface area contributed by atoms with Crippen molar-refractivity contribution in [2.75, 3.05) is 12.4 Å². The highest BCUT2D eigenvalue weighted by Crippen LogP contribution is 2.28. The number of aliphatic hydroxyl groups excluding tert-OH is 1. The van der Waals surface area contributed by atoms with Gasteiger partial charge in [0.15, 0.2) is 0 Å². The number of aromatic nitrogens is 2. The van der Waals surface area contributed by atoms with Gasteiger partial charge in [0.1, 0.15) is 5.03 Å². The molecule has 0 spiro atoms. The average Bonchev–Trinajstić information content (AvgIpc) is 2.80. The zero-order valence-electron chi connectivity index (χ0n) is 12.8. The predicted octanol–water partition coefficient (Wildman–Crippen LogP) is 2.76. The summed E-state index contributed by atoms with van der Waals surface area (Å²) >= 11 is 1.65. The number of hydrogen-bond acceptors (Lipinski definition) is 4. The largest absolute Gasteiger partial charge is 0.396 e. The molecule has 2 rings (SSSR count). The van der Waals surface area contributed by atoms with E-state index in [0.29, 0.717) is 11.8 Å². The van der Waals surface area contributed by atoms with Crippen molar-refractivity contribution in [2.24, 2.45) is 0 Å². The van der Waals surface area contributed by atoms with Crippen LogP contribution in [-0.4, -0.2) is 33.3 Å². The van der Waals surface area contributed by atoms with Gasteiger partial charge < -0.3 is 10.4 Å². The first-order valence-electron chi connectivity index (χ1n) is 7.24. The van der Waals surface area contributed by atoms with Crippen LogP contribution >= 0.6 is 11.8 Å². The van der Waals surface area contributed by atoms with Crippen LogP contribution in [0.15, 0.2) is 35.4 Å². The summed E-state index contributed by atoms with van der Waals surface area (Å²) in [4.78, 5) is 0. The van der Waals surface area contributed by atoms with Crippen LogP contribution in [-0.2, 0) is 6.54 Å². The van der Waals surface area contributed by atoms with Gasteiger partial charge >= 0.3 is 0 Å². The Morgan fingerprint density at radius 3 is 2.62 bits per heavy atom. The molecule has 0 radical (unpaired) electrons. The van der Waals surface area contributed by atoms with Gasteiger partial charge in [-0.2, -0.15) is 5.10 Å². The van der Waals surface area contributed by atoms with Crippen molar-refractivity contribution in [2.45, 2.75) is 38.4 Å². The second kappa shape index (κ2) is 7.64. The molecule has 114 valence electrons. The number of benzene rings is 1. The van der Waals surface area contributed by atoms with E-state index in [-0.39, 0.29) is 6.61 Å². The topological polar surface area (TPSA) is 50.1 Å². The van der Waals surface area contributed by atoms with E-state index in [1.807, 2.05) is 29.8 Å². The molecule has 0 aliphatic heterocycles. The third-order valence-electron chi connectivity index (χ3n) is 3.16. The summed E-state index contributed by atoms with van der Waals surface area (Å²) in [6, 6.07) is 10.6. The number of aryl methyl sites for hydroxylation is 1. The minimum Gasteiger partial charge on any atom is -0.396 e. The van der Waals surface area contributed by atoms with Crippen molar-refractivity contribution in [1.82, 2.24) is 15.1 Å². The number of nitrogens with one attached hydrogen (secondary N) is 1. The number of nitrogens with zero attached hydrogens (tertiary/aromatic N) is 2. The Kier molecular flexibility index (Phi) is 5.85. The van der Waals surface area contributed by atoms with Crippen LogP contribution in [0.2, 0.25) is 0 Å². The quantitative estimate of drug-likeness (QED) is 0.772. The Bertz CT molecular complexity index is 566. The first-order chi connectivity index (χ1) is 10.1. The summed E-state index contributed by atoms with van der Waals surface area (Å²) in [6.07, 6.45) is 0. The summed E-state index contributed by atoms with van der Waals surface area (Å²) in [5.41, 5.74) is 3.30. The molecule has 2 N–H and O–H groups in total. The molecular formula is C16H23N3OS. The molecule has 0 saturated carbocycles. The molecule has 0 atom stereocenters. The van der Waals surface area contributed by atoms with Gasteiger partial charge in [0.2, 0.25) is 0 Å². The Balaban J connectivity index is 2.37. The first kappa shape index (κ1) is 16.1. The summed E-state index contributed by atoms with van der Waals surface area (Å²) in [5.74, 6) is 0.673. The molecule has 0 unspecified atom stereocenters. The van der Waals surface area contributed by atoms with E-state index in [4.69, 9.17) is 5.11 Å². The summed E-state index contributed by atoms with van der Waals surface area (Å²) < 4.78 is 1.98. The lowest BCUT2D eigenvalue weighted by Crippen LogP contribution is -2.22. The molecule has 0 amide bonds. The lowest BCUT2D eigenvalue weighted by atomic mass is 10.2. The van der Waals surface area contributed by atoms with E-state index < -0.39 is 0 Å². The van der Waals surface area contributed by atoms with Gasteiger partial charge in [-0.25, -0.2) is 4.68 Å². The van der Waals surface area contributed by atoms with E-state index in [1.54, 1.807) is 11.8 Å². The number of aliphatic hydroxyl groups is 1. The maximum Gasteiger partial charge on any atom is 0.105 e. The highest BCUT2D eigenvalue weighted by atomic mass is 32.2. The van der Waals surface area contributed by atoms with Crippen molar-refractivity contribution in [3.8, 4) is 5.69 Å². The van der Waals surface area contributed by atoms with E-state index >= 15 is 0 Å². The van der Waals surface area contributed by atoms with Crippen LogP contribution in [0.25, 0.3) is 5.69 Å². The second-order valence-electron chi connectivity index (χ2n) is 5.22. The van der Waals surface area contributed by atoms with Gasteiger partial charge in [-0.3, -0.25) is 0 Å². The van der Waals surface area contributed by atoms with Crippen LogP contribution in [0.1, 0.15) is 25.1 Å². The smallest absolute Gasteiger partial charge is 0.105 e. The minimum atomic E-state index is 0.167. The SMILES string of the molecule is Cc1nn(-c2ccccc2)c(SCCO)c1CNC(C)C. The second-order valence-corrected chi connectivity index (χ2v) is 6.31. The fraction of sp³-hybridized carbons (Fsp3) is 0.438. The number of thioether (sulfide) groups is 1. The summed E-state index contributed by atoms with van der Waals surface area (Å²) in [7, 11) is 0. The zero-order valence-corrected chi connectivity index (χ0v) is 13.7. The third-order valence-corrected chi connectivity index (χ3v) is 4.23. The Morgan fingerprint density at radius 1 is 1.29 bits per heavy atom. The molecular weight excluding hydrogens is 282 g/mol. The maximum atomic E-state index is 9.14. The highest BCUT2D eigenvalue weighted by Gasteiger charge is 2.16. The Morgan fingerprint density at radius 2 is 2.00 bits per heavy atom. The summed E-state index contributed by atoms with van der Waals surface area (Å²) in [5, 5.41) is 18.4. The molecule has 4 nitrogen and oxygen atoms in total. The average molecular weight is 305 g/mol. The summed E-state index contributed by atoms with van der Waals surface area (Å²) in [6.45, 7) is 7.28. The van der Waals surface area contributed by atoms with E-state index in [9.17, 15) is 0 Å². The normalized spacial score (nSPS) is 11.3. The highest BCUT2D eigenvalue weighted by molar-refractivity contribution is 7.99. The molecule has 0 fully saturated rings. The predicted molar refractivity (Wildman–Crippen MR) is 88.1 cm³/mol. The Hall–Kier alpha value is -1.30. The van der Waals surface area contributed by atoms with Crippen LogP contribution in [0, 0.1) is 6.92 Å².